The molecule has 2 heterocycles. The Kier molecular flexibility index (Phi) is 7.35. The number of rotatable bonds is 7. The van der Waals surface area contributed by atoms with Gasteiger partial charge in [-0.15, -0.1) is 0 Å². The molecule has 0 radical (unpaired) electrons. The molecule has 0 atom stereocenters. The molecule has 1 aromatic rings. The zero-order chi connectivity index (χ0) is 16.5. The molecule has 2 rings (SSSR count). The zero-order valence-corrected chi connectivity index (χ0v) is 14.5. The first kappa shape index (κ1) is 17.7. The number of nitrogens with one attached hydrogen (secondary N) is 2. The van der Waals surface area contributed by atoms with Crippen molar-refractivity contribution in [3.63, 3.8) is 0 Å². The fraction of sp³-hybridized carbons (Fsp3) is 0.750. The summed E-state index contributed by atoms with van der Waals surface area (Å²) in [5, 5.41) is 10.9. The number of ether oxygens (including phenoxy) is 1. The second-order valence-corrected chi connectivity index (χ2v) is 5.54. The number of aliphatic imine (C=N–C) groups is 1. The Morgan fingerprint density at radius 3 is 2.65 bits per heavy atom. The fourth-order valence-electron chi connectivity index (χ4n) is 2.69. The second kappa shape index (κ2) is 9.52. The van der Waals surface area contributed by atoms with Crippen LogP contribution in [0, 0.1) is 0 Å². The van der Waals surface area contributed by atoms with Crippen LogP contribution in [-0.2, 0) is 24.1 Å². The molecule has 0 aromatic carbocycles. The highest BCUT2D eigenvalue weighted by atomic mass is 16.5. The topological polar surface area (TPSA) is 74.9 Å². The molecule has 7 nitrogen and oxygen atoms in total. The number of aromatic nitrogens is 1. The molecule has 1 aromatic heterocycles. The Bertz CT molecular complexity index is 473. The minimum Gasteiger partial charge on any atom is -0.379 e. The summed E-state index contributed by atoms with van der Waals surface area (Å²) in [6.45, 7) is 10.4. The molecule has 0 unspecified atom stereocenters. The van der Waals surface area contributed by atoms with Gasteiger partial charge in [0.25, 0.3) is 0 Å². The summed E-state index contributed by atoms with van der Waals surface area (Å²) in [4.78, 5) is 6.68. The molecule has 1 aliphatic heterocycles. The maximum Gasteiger partial charge on any atom is 0.191 e. The van der Waals surface area contributed by atoms with Crippen molar-refractivity contribution in [1.29, 1.82) is 0 Å². The summed E-state index contributed by atoms with van der Waals surface area (Å²) < 4.78 is 10.8. The number of hydrogen-bond donors (Lipinski definition) is 2. The van der Waals surface area contributed by atoms with E-state index in [4.69, 9.17) is 9.26 Å². The molecule has 2 N–H and O–H groups in total. The predicted molar refractivity (Wildman–Crippen MR) is 90.7 cm³/mol. The monoisotopic (exact) mass is 323 g/mol. The van der Waals surface area contributed by atoms with Crippen molar-refractivity contribution in [2.24, 2.45) is 4.99 Å². The molecule has 1 saturated heterocycles. The van der Waals surface area contributed by atoms with Crippen molar-refractivity contribution in [2.75, 3.05) is 46.4 Å². The van der Waals surface area contributed by atoms with E-state index in [1.807, 2.05) is 0 Å². The Labute approximate surface area is 138 Å². The first-order valence-corrected chi connectivity index (χ1v) is 8.49. The molecule has 0 amide bonds. The van der Waals surface area contributed by atoms with Crippen LogP contribution < -0.4 is 10.6 Å². The lowest BCUT2D eigenvalue weighted by molar-refractivity contribution is 0.0389. The molecule has 130 valence electrons. The van der Waals surface area contributed by atoms with Crippen molar-refractivity contribution in [2.45, 2.75) is 33.2 Å². The molecule has 1 fully saturated rings. The van der Waals surface area contributed by atoms with Gasteiger partial charge in [0.1, 0.15) is 5.76 Å². The highest BCUT2D eigenvalue weighted by molar-refractivity contribution is 5.79. The highest BCUT2D eigenvalue weighted by Gasteiger charge is 2.14. The fourth-order valence-corrected chi connectivity index (χ4v) is 2.69. The first-order valence-electron chi connectivity index (χ1n) is 8.49. The third kappa shape index (κ3) is 5.21. The van der Waals surface area contributed by atoms with Crippen LogP contribution in [0.3, 0.4) is 0 Å². The van der Waals surface area contributed by atoms with Crippen LogP contribution >= 0.6 is 0 Å². The van der Waals surface area contributed by atoms with Gasteiger partial charge in [0.15, 0.2) is 5.96 Å². The van der Waals surface area contributed by atoms with Gasteiger partial charge >= 0.3 is 0 Å². The van der Waals surface area contributed by atoms with E-state index in [0.29, 0.717) is 6.54 Å². The Morgan fingerprint density at radius 2 is 2.00 bits per heavy atom. The molecular weight excluding hydrogens is 294 g/mol. The van der Waals surface area contributed by atoms with Gasteiger partial charge in [-0.25, -0.2) is 0 Å². The van der Waals surface area contributed by atoms with Crippen LogP contribution in [-0.4, -0.2) is 62.5 Å². The molecule has 0 saturated carbocycles. The normalized spacial score (nSPS) is 16.6. The van der Waals surface area contributed by atoms with E-state index >= 15 is 0 Å². The van der Waals surface area contributed by atoms with Gasteiger partial charge in [0.05, 0.1) is 18.9 Å². The average molecular weight is 323 g/mol. The van der Waals surface area contributed by atoms with E-state index in [2.05, 4.69) is 39.5 Å². The third-order valence-electron chi connectivity index (χ3n) is 4.09. The van der Waals surface area contributed by atoms with E-state index in [0.717, 1.165) is 75.2 Å². The average Bonchev–Trinajstić information content (AvgIpc) is 3.00. The van der Waals surface area contributed by atoms with Crippen molar-refractivity contribution in [1.82, 2.24) is 20.7 Å². The van der Waals surface area contributed by atoms with Gasteiger partial charge < -0.3 is 19.9 Å². The summed E-state index contributed by atoms with van der Waals surface area (Å²) in [6, 6.07) is 0. The lowest BCUT2D eigenvalue weighted by atomic mass is 10.1. The van der Waals surface area contributed by atoms with E-state index in [-0.39, 0.29) is 0 Å². The van der Waals surface area contributed by atoms with E-state index < -0.39 is 0 Å². The lowest BCUT2D eigenvalue weighted by Gasteiger charge is -2.26. The molecule has 0 aliphatic carbocycles. The Balaban J connectivity index is 1.77. The SMILES string of the molecule is CCc1noc(CC)c1CNC(=NC)NCCN1CCOCC1. The maximum atomic E-state index is 5.39. The maximum absolute atomic E-state index is 5.39. The van der Waals surface area contributed by atoms with Crippen LogP contribution in [0.15, 0.2) is 9.52 Å². The van der Waals surface area contributed by atoms with Crippen LogP contribution in [0.4, 0.5) is 0 Å². The number of hydrogen-bond acceptors (Lipinski definition) is 5. The van der Waals surface area contributed by atoms with Crippen LogP contribution in [0.25, 0.3) is 0 Å². The van der Waals surface area contributed by atoms with Gasteiger partial charge in [-0.1, -0.05) is 19.0 Å². The molecule has 0 spiro atoms. The molecule has 0 bridgehead atoms. The summed E-state index contributed by atoms with van der Waals surface area (Å²) in [6.07, 6.45) is 1.73. The van der Waals surface area contributed by atoms with Crippen LogP contribution in [0.1, 0.15) is 30.9 Å². The first-order chi connectivity index (χ1) is 11.3. The van der Waals surface area contributed by atoms with Gasteiger partial charge in [0.2, 0.25) is 0 Å². The smallest absolute Gasteiger partial charge is 0.191 e. The largest absolute Gasteiger partial charge is 0.379 e. The van der Waals surface area contributed by atoms with Gasteiger partial charge in [-0.2, -0.15) is 0 Å². The van der Waals surface area contributed by atoms with Gasteiger partial charge in [-0.05, 0) is 6.42 Å². The van der Waals surface area contributed by atoms with E-state index in [1.54, 1.807) is 7.05 Å². The van der Waals surface area contributed by atoms with Gasteiger partial charge in [-0.3, -0.25) is 9.89 Å². The van der Waals surface area contributed by atoms with Crippen molar-refractivity contribution < 1.29 is 9.26 Å². The van der Waals surface area contributed by atoms with Crippen LogP contribution in [0.5, 0.6) is 0 Å². The molecule has 23 heavy (non-hydrogen) atoms. The second-order valence-electron chi connectivity index (χ2n) is 5.54. The minimum absolute atomic E-state index is 0.688. The zero-order valence-electron chi connectivity index (χ0n) is 14.5. The summed E-state index contributed by atoms with van der Waals surface area (Å²) in [5.74, 6) is 1.77. The standard InChI is InChI=1S/C16H29N5O2/c1-4-14-13(15(5-2)23-20-14)12-19-16(17-3)18-6-7-21-8-10-22-11-9-21/h4-12H2,1-3H3,(H2,17,18,19). The van der Waals surface area contributed by atoms with Gasteiger partial charge in [0, 0.05) is 51.8 Å². The van der Waals surface area contributed by atoms with Crippen molar-refractivity contribution in [3.8, 4) is 0 Å². The van der Waals surface area contributed by atoms with Crippen molar-refractivity contribution in [3.05, 3.63) is 17.0 Å². The quantitative estimate of drug-likeness (QED) is 0.571. The van der Waals surface area contributed by atoms with E-state index in [1.165, 1.54) is 0 Å². The summed E-state index contributed by atoms with van der Waals surface area (Å²) in [5.41, 5.74) is 2.18. The Morgan fingerprint density at radius 1 is 1.22 bits per heavy atom. The number of nitrogens with zero attached hydrogens (tertiary/aromatic N) is 3. The number of aryl methyl sites for hydroxylation is 2. The number of guanidine groups is 1. The van der Waals surface area contributed by atoms with Crippen LogP contribution in [0.2, 0.25) is 0 Å². The van der Waals surface area contributed by atoms with E-state index in [9.17, 15) is 0 Å². The predicted octanol–water partition coefficient (Wildman–Crippen LogP) is 0.797. The number of morpholine rings is 1. The third-order valence-corrected chi connectivity index (χ3v) is 4.09. The Hall–Kier alpha value is -1.60. The lowest BCUT2D eigenvalue weighted by Crippen LogP contribution is -2.44. The summed E-state index contributed by atoms with van der Waals surface area (Å²) in [7, 11) is 1.79. The molecule has 1 aliphatic rings. The molecule has 7 heteroatoms. The summed E-state index contributed by atoms with van der Waals surface area (Å²) >= 11 is 0. The minimum atomic E-state index is 0.688. The molecular formula is C16H29N5O2. The highest BCUT2D eigenvalue weighted by Crippen LogP contribution is 2.15. The van der Waals surface area contributed by atoms with Crippen molar-refractivity contribution >= 4 is 5.96 Å².